The van der Waals surface area contributed by atoms with E-state index in [0.29, 0.717) is 15.6 Å². The minimum atomic E-state index is -0.483. The largest absolute Gasteiger partial charge is 0.496 e. The topological polar surface area (TPSA) is 58.6 Å². The van der Waals surface area contributed by atoms with E-state index in [1.54, 1.807) is 43.3 Å². The number of rotatable bonds is 4. The lowest BCUT2D eigenvalue weighted by molar-refractivity contribution is -0.117. The number of para-hydroxylation sites is 1. The van der Waals surface area contributed by atoms with Gasteiger partial charge in [-0.2, -0.15) is 0 Å². The molecule has 1 N–H and O–H groups in total. The molecular weight excluding hydrogens is 296 g/mol. The number of benzene rings is 1. The molecule has 2 amide bonds. The summed E-state index contributed by atoms with van der Waals surface area (Å²) in [5.74, 6) is -0.356. The number of carbonyl (C=O) groups excluding carboxylic acids is 2. The predicted molar refractivity (Wildman–Crippen MR) is 84.2 cm³/mol. The Kier molecular flexibility index (Phi) is 6.47. The summed E-state index contributed by atoms with van der Waals surface area (Å²) in [6.07, 6.45) is 0. The lowest BCUT2D eigenvalue weighted by Crippen LogP contribution is -2.33. The van der Waals surface area contributed by atoms with Crippen molar-refractivity contribution in [2.45, 2.75) is 0 Å². The van der Waals surface area contributed by atoms with Crippen LogP contribution in [0.25, 0.3) is 0 Å². The van der Waals surface area contributed by atoms with Gasteiger partial charge >= 0.3 is 0 Å². The van der Waals surface area contributed by atoms with Gasteiger partial charge in [0.1, 0.15) is 10.1 Å². The Bertz CT molecular complexity index is 518. The molecule has 0 aliphatic rings. The number of methoxy groups -OCH3 is 1. The molecule has 0 bridgehead atoms. The maximum atomic E-state index is 11.9. The summed E-state index contributed by atoms with van der Waals surface area (Å²) in [7, 11) is 5.07. The monoisotopic (exact) mass is 312 g/mol. The van der Waals surface area contributed by atoms with Crippen LogP contribution < -0.4 is 10.1 Å². The lowest BCUT2D eigenvalue weighted by atomic mass is 10.2. The van der Waals surface area contributed by atoms with Gasteiger partial charge in [-0.25, -0.2) is 0 Å². The van der Waals surface area contributed by atoms with Crippen LogP contribution in [0.2, 0.25) is 0 Å². The van der Waals surface area contributed by atoms with Crippen LogP contribution in [0.4, 0.5) is 0 Å². The van der Waals surface area contributed by atoms with E-state index >= 15 is 0 Å². The molecule has 0 saturated heterocycles. The van der Waals surface area contributed by atoms with Crippen LogP contribution in [0.5, 0.6) is 5.75 Å². The number of carbonyl (C=O) groups is 2. The molecule has 0 unspecified atom stereocenters. The molecule has 0 aliphatic carbocycles. The van der Waals surface area contributed by atoms with E-state index in [1.807, 2.05) is 0 Å². The van der Waals surface area contributed by atoms with Gasteiger partial charge in [0, 0.05) is 14.1 Å². The average molecular weight is 312 g/mol. The number of ether oxygens (including phenoxy) is 1. The van der Waals surface area contributed by atoms with E-state index in [-0.39, 0.29) is 5.75 Å². The number of amides is 2. The van der Waals surface area contributed by atoms with Gasteiger partial charge in [0.25, 0.3) is 5.91 Å². The highest BCUT2D eigenvalue weighted by Crippen LogP contribution is 2.16. The first-order valence-corrected chi connectivity index (χ1v) is 7.16. The fourth-order valence-corrected chi connectivity index (χ4v) is 2.08. The molecule has 0 spiro atoms. The molecule has 1 rings (SSSR count). The van der Waals surface area contributed by atoms with E-state index in [2.05, 4.69) is 5.32 Å². The molecular formula is C13H16N2O3S2. The minimum Gasteiger partial charge on any atom is -0.496 e. The molecule has 0 saturated carbocycles. The zero-order chi connectivity index (χ0) is 15.1. The average Bonchev–Trinajstić information content (AvgIpc) is 2.44. The molecule has 0 aliphatic heterocycles. The van der Waals surface area contributed by atoms with Crippen molar-refractivity contribution in [1.82, 2.24) is 10.2 Å². The molecule has 108 valence electrons. The number of nitrogens with one attached hydrogen (secondary N) is 1. The minimum absolute atomic E-state index is 0.0951. The van der Waals surface area contributed by atoms with Crippen molar-refractivity contribution < 1.29 is 14.3 Å². The van der Waals surface area contributed by atoms with Gasteiger partial charge in [-0.05, 0) is 12.1 Å². The van der Waals surface area contributed by atoms with E-state index in [4.69, 9.17) is 17.0 Å². The Balaban J connectivity index is 2.58. The predicted octanol–water partition coefficient (Wildman–Crippen LogP) is 1.53. The molecule has 0 heterocycles. The van der Waals surface area contributed by atoms with Crippen LogP contribution in [0, 0.1) is 0 Å². The van der Waals surface area contributed by atoms with Crippen LogP contribution in [0.3, 0.4) is 0 Å². The summed E-state index contributed by atoms with van der Waals surface area (Å²) in [4.78, 5) is 25.4. The Morgan fingerprint density at radius 2 is 2.00 bits per heavy atom. The van der Waals surface area contributed by atoms with Crippen molar-refractivity contribution in [1.29, 1.82) is 0 Å². The summed E-state index contributed by atoms with van der Waals surface area (Å²) in [6.45, 7) is 0. The summed E-state index contributed by atoms with van der Waals surface area (Å²) in [6, 6.07) is 6.72. The summed E-state index contributed by atoms with van der Waals surface area (Å²) in [5.41, 5.74) is 0.323. The van der Waals surface area contributed by atoms with Crippen molar-refractivity contribution in [2.75, 3.05) is 27.0 Å². The first-order chi connectivity index (χ1) is 9.45. The van der Waals surface area contributed by atoms with Gasteiger partial charge in [0.05, 0.1) is 18.4 Å². The first kappa shape index (κ1) is 16.5. The van der Waals surface area contributed by atoms with Crippen LogP contribution in [-0.2, 0) is 4.79 Å². The zero-order valence-corrected chi connectivity index (χ0v) is 13.1. The number of hydrogen-bond donors (Lipinski definition) is 1. The van der Waals surface area contributed by atoms with E-state index in [1.165, 1.54) is 18.9 Å². The third-order valence-electron chi connectivity index (χ3n) is 2.30. The van der Waals surface area contributed by atoms with Gasteiger partial charge in [-0.3, -0.25) is 14.9 Å². The highest BCUT2D eigenvalue weighted by Gasteiger charge is 2.15. The Hall–Kier alpha value is -1.60. The van der Waals surface area contributed by atoms with Crippen molar-refractivity contribution in [3.05, 3.63) is 29.8 Å². The quantitative estimate of drug-likeness (QED) is 0.851. The third kappa shape index (κ3) is 4.82. The standard InChI is InChI=1S/C13H16N2O3S2/c1-15(2)13(19)20-8-11(16)14-12(17)9-6-4-5-7-10(9)18-3/h4-7H,8H2,1-3H3,(H,14,16,17). The van der Waals surface area contributed by atoms with Crippen LogP contribution >= 0.6 is 24.0 Å². The number of thioether (sulfide) groups is 1. The SMILES string of the molecule is COc1ccccc1C(=O)NC(=O)CSC(=S)N(C)C. The number of thiocarbonyl (C=S) groups is 1. The highest BCUT2D eigenvalue weighted by molar-refractivity contribution is 8.23. The maximum absolute atomic E-state index is 11.9. The van der Waals surface area contributed by atoms with Gasteiger partial charge in [0.2, 0.25) is 5.91 Å². The fraction of sp³-hybridized carbons (Fsp3) is 0.308. The third-order valence-corrected chi connectivity index (χ3v) is 4.03. The fourth-order valence-electron chi connectivity index (χ4n) is 1.32. The molecule has 0 atom stereocenters. The normalized spacial score (nSPS) is 9.75. The van der Waals surface area contributed by atoms with Crippen molar-refractivity contribution >= 4 is 40.1 Å². The Labute approximate surface area is 127 Å². The first-order valence-electron chi connectivity index (χ1n) is 5.77. The Morgan fingerprint density at radius 1 is 1.35 bits per heavy atom. The second-order valence-electron chi connectivity index (χ2n) is 4.03. The van der Waals surface area contributed by atoms with E-state index in [0.717, 1.165) is 0 Å². The molecule has 0 aromatic heterocycles. The van der Waals surface area contributed by atoms with Crippen molar-refractivity contribution in [3.8, 4) is 5.75 Å². The maximum Gasteiger partial charge on any atom is 0.261 e. The summed E-state index contributed by atoms with van der Waals surface area (Å²) >= 11 is 6.25. The van der Waals surface area contributed by atoms with Gasteiger partial charge in [0.15, 0.2) is 0 Å². The van der Waals surface area contributed by atoms with Gasteiger partial charge < -0.3 is 9.64 Å². The molecule has 1 aromatic carbocycles. The zero-order valence-electron chi connectivity index (χ0n) is 11.5. The smallest absolute Gasteiger partial charge is 0.261 e. The highest BCUT2D eigenvalue weighted by atomic mass is 32.2. The molecule has 1 aromatic rings. The van der Waals surface area contributed by atoms with Crippen LogP contribution in [0.15, 0.2) is 24.3 Å². The van der Waals surface area contributed by atoms with Crippen molar-refractivity contribution in [2.24, 2.45) is 0 Å². The molecule has 7 heteroatoms. The Morgan fingerprint density at radius 3 is 2.60 bits per heavy atom. The summed E-state index contributed by atoms with van der Waals surface area (Å²) < 4.78 is 5.66. The summed E-state index contributed by atoms with van der Waals surface area (Å²) in [5, 5.41) is 2.31. The molecule has 0 fully saturated rings. The van der Waals surface area contributed by atoms with Crippen LogP contribution in [0.1, 0.15) is 10.4 Å². The molecule has 5 nitrogen and oxygen atoms in total. The van der Waals surface area contributed by atoms with E-state index < -0.39 is 11.8 Å². The van der Waals surface area contributed by atoms with E-state index in [9.17, 15) is 9.59 Å². The number of imide groups is 1. The van der Waals surface area contributed by atoms with Gasteiger partial charge in [-0.1, -0.05) is 36.1 Å². The number of nitrogens with zero attached hydrogens (tertiary/aromatic N) is 1. The second-order valence-corrected chi connectivity index (χ2v) is 5.64. The lowest BCUT2D eigenvalue weighted by Gasteiger charge is -2.12. The molecule has 0 radical (unpaired) electrons. The van der Waals surface area contributed by atoms with Crippen molar-refractivity contribution in [3.63, 3.8) is 0 Å². The van der Waals surface area contributed by atoms with Crippen LogP contribution in [-0.4, -0.2) is 48.0 Å². The van der Waals surface area contributed by atoms with Gasteiger partial charge in [-0.15, -0.1) is 0 Å². The second kappa shape index (κ2) is 7.86. The number of hydrogen-bond acceptors (Lipinski definition) is 5. The molecule has 20 heavy (non-hydrogen) atoms.